The first-order chi connectivity index (χ1) is 15.6. The molecule has 1 amide bonds. The number of piperidine rings is 1. The normalized spacial score (nSPS) is 14.2. The van der Waals surface area contributed by atoms with Crippen LogP contribution in [0.1, 0.15) is 12.8 Å². The van der Waals surface area contributed by atoms with Gasteiger partial charge in [0.1, 0.15) is 5.82 Å². The van der Waals surface area contributed by atoms with Crippen molar-refractivity contribution < 1.29 is 18.7 Å². The van der Waals surface area contributed by atoms with Crippen molar-refractivity contribution >= 4 is 17.4 Å². The maximum atomic E-state index is 13.1. The number of nitrogens with zero attached hydrogens (tertiary/aromatic N) is 3. The molecule has 4 rings (SSSR count). The number of carbonyl (C=O) groups is 1. The van der Waals surface area contributed by atoms with E-state index in [9.17, 15) is 9.18 Å². The molecule has 1 N–H and O–H groups in total. The summed E-state index contributed by atoms with van der Waals surface area (Å²) in [5.41, 5.74) is 2.19. The van der Waals surface area contributed by atoms with Crippen LogP contribution >= 0.6 is 0 Å². The van der Waals surface area contributed by atoms with Crippen molar-refractivity contribution in [2.45, 2.75) is 12.8 Å². The third kappa shape index (κ3) is 4.80. The minimum Gasteiger partial charge on any atom is -0.493 e. The number of carbonyl (C=O) groups excluding carboxylic acids is 1. The summed E-state index contributed by atoms with van der Waals surface area (Å²) in [5.74, 6) is 1.60. The Morgan fingerprint density at radius 3 is 2.31 bits per heavy atom. The van der Waals surface area contributed by atoms with Gasteiger partial charge in [-0.2, -0.15) is 0 Å². The fraction of sp³-hybridized carbons (Fsp3) is 0.292. The molecule has 0 spiro atoms. The van der Waals surface area contributed by atoms with Gasteiger partial charge in [-0.25, -0.2) is 4.39 Å². The summed E-state index contributed by atoms with van der Waals surface area (Å²) in [5, 5.41) is 11.6. The third-order valence-corrected chi connectivity index (χ3v) is 5.63. The van der Waals surface area contributed by atoms with Crippen LogP contribution in [0.5, 0.6) is 11.5 Å². The summed E-state index contributed by atoms with van der Waals surface area (Å²) >= 11 is 0. The molecule has 1 aliphatic heterocycles. The van der Waals surface area contributed by atoms with Crippen molar-refractivity contribution in [1.82, 2.24) is 10.2 Å². The van der Waals surface area contributed by atoms with Gasteiger partial charge in [0.15, 0.2) is 17.3 Å². The summed E-state index contributed by atoms with van der Waals surface area (Å²) in [6.07, 6.45) is 1.45. The summed E-state index contributed by atoms with van der Waals surface area (Å²) in [6, 6.07) is 15.3. The molecule has 7 nitrogen and oxygen atoms in total. The molecule has 0 unspecified atom stereocenters. The number of hydrogen-bond donors (Lipinski definition) is 1. The van der Waals surface area contributed by atoms with Crippen molar-refractivity contribution in [3.8, 4) is 22.8 Å². The molecule has 1 saturated heterocycles. The summed E-state index contributed by atoms with van der Waals surface area (Å²) < 4.78 is 23.6. The van der Waals surface area contributed by atoms with E-state index in [-0.39, 0.29) is 17.6 Å². The smallest absolute Gasteiger partial charge is 0.227 e. The molecular weight excluding hydrogens is 411 g/mol. The monoisotopic (exact) mass is 436 g/mol. The van der Waals surface area contributed by atoms with Gasteiger partial charge in [-0.3, -0.25) is 4.79 Å². The molecular formula is C24H25FN4O3. The van der Waals surface area contributed by atoms with Gasteiger partial charge < -0.3 is 19.7 Å². The van der Waals surface area contributed by atoms with Gasteiger partial charge in [0.25, 0.3) is 0 Å². The van der Waals surface area contributed by atoms with Gasteiger partial charge in [-0.05, 0) is 61.4 Å². The second kappa shape index (κ2) is 9.64. The van der Waals surface area contributed by atoms with Crippen molar-refractivity contribution in [3.05, 3.63) is 60.4 Å². The third-order valence-electron chi connectivity index (χ3n) is 5.63. The lowest BCUT2D eigenvalue weighted by atomic mass is 9.95. The molecule has 0 aliphatic carbocycles. The summed E-state index contributed by atoms with van der Waals surface area (Å²) in [7, 11) is 3.14. The van der Waals surface area contributed by atoms with Crippen LogP contribution in [-0.4, -0.2) is 43.4 Å². The van der Waals surface area contributed by atoms with Crippen molar-refractivity contribution in [1.29, 1.82) is 0 Å². The fourth-order valence-corrected chi connectivity index (χ4v) is 3.80. The first-order valence-corrected chi connectivity index (χ1v) is 10.4. The Bertz CT molecular complexity index is 1070. The first kappa shape index (κ1) is 21.5. The Hall–Kier alpha value is -3.68. The average molecular weight is 436 g/mol. The number of nitrogens with one attached hydrogen (secondary N) is 1. The highest BCUT2D eigenvalue weighted by Gasteiger charge is 2.26. The Kier molecular flexibility index (Phi) is 6.49. The maximum Gasteiger partial charge on any atom is 0.227 e. The molecule has 3 aromatic rings. The SMILES string of the molecule is COc1ccc(NC(=O)C2CCN(c3ccc(-c4ccc(F)cc4)nn3)CC2)cc1OC. The van der Waals surface area contributed by atoms with E-state index in [1.54, 1.807) is 44.6 Å². The molecule has 0 atom stereocenters. The number of anilines is 2. The predicted octanol–water partition coefficient (Wildman–Crippen LogP) is 4.16. The van der Waals surface area contributed by atoms with Crippen LogP contribution in [0.25, 0.3) is 11.3 Å². The molecule has 1 aromatic heterocycles. The summed E-state index contributed by atoms with van der Waals surface area (Å²) in [4.78, 5) is 14.9. The topological polar surface area (TPSA) is 76.6 Å². The number of amides is 1. The molecule has 0 radical (unpaired) electrons. The Morgan fingerprint density at radius 1 is 0.969 bits per heavy atom. The van der Waals surface area contributed by atoms with E-state index in [1.165, 1.54) is 12.1 Å². The molecule has 1 fully saturated rings. The predicted molar refractivity (Wildman–Crippen MR) is 121 cm³/mol. The van der Waals surface area contributed by atoms with Crippen LogP contribution in [0.4, 0.5) is 15.9 Å². The Labute approximate surface area is 186 Å². The van der Waals surface area contributed by atoms with E-state index in [4.69, 9.17) is 9.47 Å². The molecule has 1 aliphatic rings. The molecule has 0 saturated carbocycles. The number of hydrogen-bond acceptors (Lipinski definition) is 6. The zero-order valence-electron chi connectivity index (χ0n) is 18.0. The van der Waals surface area contributed by atoms with Crippen LogP contribution < -0.4 is 19.7 Å². The highest BCUT2D eigenvalue weighted by atomic mass is 19.1. The highest BCUT2D eigenvalue weighted by molar-refractivity contribution is 5.93. The largest absolute Gasteiger partial charge is 0.493 e. The molecule has 8 heteroatoms. The fourth-order valence-electron chi connectivity index (χ4n) is 3.80. The van der Waals surface area contributed by atoms with Gasteiger partial charge in [0, 0.05) is 36.3 Å². The lowest BCUT2D eigenvalue weighted by Crippen LogP contribution is -2.38. The number of halogens is 1. The average Bonchev–Trinajstić information content (AvgIpc) is 2.84. The van der Waals surface area contributed by atoms with Gasteiger partial charge in [0.05, 0.1) is 19.9 Å². The van der Waals surface area contributed by atoms with Crippen molar-refractivity contribution in [2.75, 3.05) is 37.5 Å². The lowest BCUT2D eigenvalue weighted by Gasteiger charge is -2.31. The number of aromatic nitrogens is 2. The first-order valence-electron chi connectivity index (χ1n) is 10.4. The quantitative estimate of drug-likeness (QED) is 0.626. The van der Waals surface area contributed by atoms with Gasteiger partial charge in [-0.1, -0.05) is 0 Å². The number of ether oxygens (including phenoxy) is 2. The Balaban J connectivity index is 1.33. The zero-order chi connectivity index (χ0) is 22.5. The van der Waals surface area contributed by atoms with E-state index in [0.717, 1.165) is 24.2 Å². The zero-order valence-corrected chi connectivity index (χ0v) is 18.0. The summed E-state index contributed by atoms with van der Waals surface area (Å²) in [6.45, 7) is 1.43. The maximum absolute atomic E-state index is 13.1. The van der Waals surface area contributed by atoms with E-state index in [2.05, 4.69) is 20.4 Å². The van der Waals surface area contributed by atoms with E-state index < -0.39 is 0 Å². The second-order valence-electron chi connectivity index (χ2n) is 7.60. The lowest BCUT2D eigenvalue weighted by molar-refractivity contribution is -0.120. The van der Waals surface area contributed by atoms with Crippen LogP contribution in [-0.2, 0) is 4.79 Å². The minimum atomic E-state index is -0.281. The van der Waals surface area contributed by atoms with E-state index in [0.29, 0.717) is 36.0 Å². The molecule has 2 aromatic carbocycles. The van der Waals surface area contributed by atoms with Crippen LogP contribution in [0, 0.1) is 11.7 Å². The molecule has 166 valence electrons. The molecule has 2 heterocycles. The van der Waals surface area contributed by atoms with Gasteiger partial charge in [-0.15, -0.1) is 10.2 Å². The van der Waals surface area contributed by atoms with Crippen LogP contribution in [0.2, 0.25) is 0 Å². The van der Waals surface area contributed by atoms with E-state index >= 15 is 0 Å². The number of benzene rings is 2. The van der Waals surface area contributed by atoms with E-state index in [1.807, 2.05) is 12.1 Å². The van der Waals surface area contributed by atoms with Gasteiger partial charge >= 0.3 is 0 Å². The van der Waals surface area contributed by atoms with Crippen LogP contribution in [0.3, 0.4) is 0 Å². The minimum absolute atomic E-state index is 0.00499. The molecule has 32 heavy (non-hydrogen) atoms. The van der Waals surface area contributed by atoms with Gasteiger partial charge in [0.2, 0.25) is 5.91 Å². The Morgan fingerprint density at radius 2 is 1.69 bits per heavy atom. The number of rotatable bonds is 6. The van der Waals surface area contributed by atoms with Crippen molar-refractivity contribution in [3.63, 3.8) is 0 Å². The molecule has 0 bridgehead atoms. The second-order valence-corrected chi connectivity index (χ2v) is 7.60. The highest BCUT2D eigenvalue weighted by Crippen LogP contribution is 2.30. The van der Waals surface area contributed by atoms with Crippen molar-refractivity contribution in [2.24, 2.45) is 5.92 Å². The number of methoxy groups -OCH3 is 2. The standard InChI is InChI=1S/C24H25FN4O3/c1-31-21-9-7-19(15-22(21)32-2)26-24(30)17-11-13-29(14-12-17)23-10-8-20(27-28-23)16-3-5-18(25)6-4-16/h3-10,15,17H,11-14H2,1-2H3,(H,26,30). The van der Waals surface area contributed by atoms with Crippen LogP contribution in [0.15, 0.2) is 54.6 Å².